The van der Waals surface area contributed by atoms with Crippen molar-refractivity contribution in [3.8, 4) is 40.1 Å². The van der Waals surface area contributed by atoms with E-state index in [0.717, 1.165) is 18.2 Å². The van der Waals surface area contributed by atoms with Gasteiger partial charge in [0.15, 0.2) is 17.3 Å². The highest BCUT2D eigenvalue weighted by Gasteiger charge is 2.45. The van der Waals surface area contributed by atoms with Crippen LogP contribution in [-0.2, 0) is 9.47 Å². The number of fused-ring (bicyclic) bond motifs is 1. The molecule has 15 nitrogen and oxygen atoms in total. The molecule has 2 fully saturated rings. The van der Waals surface area contributed by atoms with Crippen LogP contribution in [0.25, 0.3) is 22.3 Å². The molecule has 0 radical (unpaired) electrons. The Kier molecular flexibility index (Phi) is 7.95. The lowest BCUT2D eigenvalue weighted by atomic mass is 10.00. The van der Waals surface area contributed by atoms with Gasteiger partial charge in [0.25, 0.3) is 0 Å². The Morgan fingerprint density at radius 1 is 0.690 bits per heavy atom. The van der Waals surface area contributed by atoms with E-state index in [-0.39, 0.29) is 22.7 Å². The predicted octanol–water partition coefficient (Wildman–Crippen LogP) is -1.01. The Labute approximate surface area is 236 Å². The lowest BCUT2D eigenvalue weighted by Gasteiger charge is -2.39. The molecule has 0 bridgehead atoms. The third-order valence-electron chi connectivity index (χ3n) is 7.23. The van der Waals surface area contributed by atoms with Crippen LogP contribution in [0.3, 0.4) is 0 Å². The van der Waals surface area contributed by atoms with Gasteiger partial charge in [0.1, 0.15) is 59.1 Å². The number of ether oxygens (including phenoxy) is 4. The topological polar surface area (TPSA) is 249 Å². The predicted molar refractivity (Wildman–Crippen MR) is 139 cm³/mol. The Morgan fingerprint density at radius 3 is 1.83 bits per heavy atom. The summed E-state index contributed by atoms with van der Waals surface area (Å²) in [5, 5.41) is 91.5. The number of aliphatic hydroxyl groups excluding tert-OH is 6. The quantitative estimate of drug-likeness (QED) is 0.172. The first-order chi connectivity index (χ1) is 19.8. The van der Waals surface area contributed by atoms with E-state index >= 15 is 0 Å². The highest BCUT2D eigenvalue weighted by molar-refractivity contribution is 5.88. The molecule has 2 aliphatic heterocycles. The number of phenolic OH excluding ortho intramolecular Hbond substituents is 3. The van der Waals surface area contributed by atoms with Crippen LogP contribution in [0, 0.1) is 0 Å². The first-order valence-corrected chi connectivity index (χ1v) is 12.9. The average Bonchev–Trinajstić information content (AvgIpc) is 2.94. The molecular formula is C27H30O15. The van der Waals surface area contributed by atoms with Crippen LogP contribution in [0.15, 0.2) is 39.5 Å². The molecular weight excluding hydrogens is 564 g/mol. The Morgan fingerprint density at radius 2 is 1.26 bits per heavy atom. The minimum atomic E-state index is -1.81. The minimum Gasteiger partial charge on any atom is -0.508 e. The number of hydrogen-bond donors (Lipinski definition) is 9. The second-order valence-electron chi connectivity index (χ2n) is 10.2. The Bertz CT molecular complexity index is 1520. The lowest BCUT2D eigenvalue weighted by molar-refractivity contribution is -0.268. The van der Waals surface area contributed by atoms with Crippen molar-refractivity contribution >= 4 is 11.0 Å². The van der Waals surface area contributed by atoms with Crippen LogP contribution in [0.1, 0.15) is 13.8 Å². The zero-order valence-electron chi connectivity index (χ0n) is 22.1. The first-order valence-electron chi connectivity index (χ1n) is 12.9. The fourth-order valence-electron chi connectivity index (χ4n) is 4.79. The van der Waals surface area contributed by atoms with Gasteiger partial charge in [-0.25, -0.2) is 0 Å². The minimum absolute atomic E-state index is 0.00968. The zero-order chi connectivity index (χ0) is 30.6. The largest absolute Gasteiger partial charge is 0.508 e. The highest BCUT2D eigenvalue weighted by Crippen LogP contribution is 2.40. The molecule has 0 aliphatic carbocycles. The summed E-state index contributed by atoms with van der Waals surface area (Å²) in [5.41, 5.74) is -1.24. The third kappa shape index (κ3) is 5.21. The van der Waals surface area contributed by atoms with Crippen molar-refractivity contribution in [2.24, 2.45) is 0 Å². The van der Waals surface area contributed by atoms with E-state index in [1.807, 2.05) is 0 Å². The smallest absolute Gasteiger partial charge is 0.239 e. The summed E-state index contributed by atoms with van der Waals surface area (Å²) >= 11 is 0. The van der Waals surface area contributed by atoms with Gasteiger partial charge in [-0.15, -0.1) is 0 Å². The van der Waals surface area contributed by atoms with Crippen molar-refractivity contribution in [3.63, 3.8) is 0 Å². The molecule has 0 spiro atoms. The molecule has 228 valence electrons. The SMILES string of the molecule is C[C@@H]1O[C@H](Oc2ccc(-c3oc4cc(O)cc(O)c4c(=O)c3O[C@H]3O[C@@H](C)[C@H](O)[C@@H](O)[C@@H]3O)cc2O)[C@@H](O)[C@H](O)[C@H]1O. The summed E-state index contributed by atoms with van der Waals surface area (Å²) in [7, 11) is 0. The van der Waals surface area contributed by atoms with Gasteiger partial charge >= 0.3 is 0 Å². The molecule has 5 rings (SSSR count). The van der Waals surface area contributed by atoms with Crippen molar-refractivity contribution < 1.29 is 69.3 Å². The van der Waals surface area contributed by atoms with Crippen molar-refractivity contribution in [1.82, 2.24) is 0 Å². The van der Waals surface area contributed by atoms with Crippen LogP contribution >= 0.6 is 0 Å². The van der Waals surface area contributed by atoms with Gasteiger partial charge in [-0.05, 0) is 32.0 Å². The number of rotatable bonds is 5. The van der Waals surface area contributed by atoms with Gasteiger partial charge in [0.2, 0.25) is 23.8 Å². The molecule has 0 saturated carbocycles. The molecule has 10 atom stereocenters. The molecule has 3 aromatic rings. The second-order valence-corrected chi connectivity index (χ2v) is 10.2. The van der Waals surface area contributed by atoms with E-state index in [4.69, 9.17) is 23.4 Å². The second kappa shape index (κ2) is 11.2. The van der Waals surface area contributed by atoms with E-state index < -0.39 is 95.2 Å². The van der Waals surface area contributed by atoms with Crippen LogP contribution < -0.4 is 14.9 Å². The van der Waals surface area contributed by atoms with Crippen LogP contribution in [0.5, 0.6) is 28.7 Å². The molecule has 9 N–H and O–H groups in total. The summed E-state index contributed by atoms with van der Waals surface area (Å²) in [4.78, 5) is 13.5. The first kappa shape index (κ1) is 29.8. The number of aromatic hydroxyl groups is 3. The van der Waals surface area contributed by atoms with E-state index in [2.05, 4.69) is 0 Å². The number of phenols is 3. The van der Waals surface area contributed by atoms with Crippen LogP contribution in [-0.4, -0.2) is 107 Å². The molecule has 2 aromatic carbocycles. The molecule has 0 amide bonds. The van der Waals surface area contributed by atoms with Gasteiger partial charge in [0, 0.05) is 17.7 Å². The maximum Gasteiger partial charge on any atom is 0.239 e. The summed E-state index contributed by atoms with van der Waals surface area (Å²) in [6.45, 7) is 2.85. The number of hydrogen-bond acceptors (Lipinski definition) is 15. The fourth-order valence-corrected chi connectivity index (χ4v) is 4.79. The molecule has 3 heterocycles. The molecule has 1 aromatic heterocycles. The maximum atomic E-state index is 13.5. The monoisotopic (exact) mass is 594 g/mol. The van der Waals surface area contributed by atoms with Crippen molar-refractivity contribution in [2.45, 2.75) is 75.3 Å². The van der Waals surface area contributed by atoms with Crippen LogP contribution in [0.2, 0.25) is 0 Å². The van der Waals surface area contributed by atoms with E-state index in [9.17, 15) is 50.8 Å². The summed E-state index contributed by atoms with van der Waals surface area (Å²) < 4.78 is 27.8. The summed E-state index contributed by atoms with van der Waals surface area (Å²) in [6.07, 6.45) is -14.6. The summed E-state index contributed by atoms with van der Waals surface area (Å²) in [6, 6.07) is 5.55. The summed E-state index contributed by atoms with van der Waals surface area (Å²) in [5.74, 6) is -2.83. The molecule has 42 heavy (non-hydrogen) atoms. The lowest BCUT2D eigenvalue weighted by Crippen LogP contribution is -2.58. The molecule has 15 heteroatoms. The fraction of sp³-hybridized carbons (Fsp3) is 0.444. The van der Waals surface area contributed by atoms with Gasteiger partial charge < -0.3 is 69.3 Å². The third-order valence-corrected chi connectivity index (χ3v) is 7.23. The van der Waals surface area contributed by atoms with Gasteiger partial charge in [-0.2, -0.15) is 0 Å². The van der Waals surface area contributed by atoms with E-state index in [1.54, 1.807) is 0 Å². The Hall–Kier alpha value is -3.67. The normalized spacial score (nSPS) is 33.4. The number of benzene rings is 2. The average molecular weight is 595 g/mol. The molecule has 0 unspecified atom stereocenters. The van der Waals surface area contributed by atoms with Crippen molar-refractivity contribution in [2.75, 3.05) is 0 Å². The maximum absolute atomic E-state index is 13.5. The van der Waals surface area contributed by atoms with Gasteiger partial charge in [0.05, 0.1) is 12.2 Å². The molecule has 2 saturated heterocycles. The Balaban J connectivity index is 1.56. The standard InChI is InChI=1S/C27H30O15/c1-8-17(31)20(34)22(36)26(38-8)41-14-4-3-10(5-12(14)29)24-25(42-27-23(37)21(35)18(32)9(2)39-27)19(33)16-13(30)6-11(28)7-15(16)40-24/h3-9,17-18,20-23,26-32,34-37H,1-2H3/t8-,9-,17-,18-,20+,21+,22-,23-,26+,27+/m0/s1. The van der Waals surface area contributed by atoms with Gasteiger partial charge in [-0.3, -0.25) is 4.79 Å². The van der Waals surface area contributed by atoms with Crippen molar-refractivity contribution in [3.05, 3.63) is 40.6 Å². The highest BCUT2D eigenvalue weighted by atomic mass is 16.7. The van der Waals surface area contributed by atoms with Gasteiger partial charge in [-0.1, -0.05) is 0 Å². The van der Waals surface area contributed by atoms with Crippen LogP contribution in [0.4, 0.5) is 0 Å². The molecule has 2 aliphatic rings. The number of aliphatic hydroxyl groups is 6. The van der Waals surface area contributed by atoms with E-state index in [1.165, 1.54) is 26.0 Å². The zero-order valence-corrected chi connectivity index (χ0v) is 22.1. The van der Waals surface area contributed by atoms with Crippen molar-refractivity contribution in [1.29, 1.82) is 0 Å². The van der Waals surface area contributed by atoms with E-state index in [0.29, 0.717) is 0 Å².